The number of phenolic OH excluding ortho intramolecular Hbond substituents is 1. The lowest BCUT2D eigenvalue weighted by Crippen LogP contribution is -1.92. The number of benzene rings is 2. The summed E-state index contributed by atoms with van der Waals surface area (Å²) < 4.78 is 13.5. The summed E-state index contributed by atoms with van der Waals surface area (Å²) in [6, 6.07) is 6.23. The number of aryl methyl sites for hydroxylation is 1. The van der Waals surface area contributed by atoms with Gasteiger partial charge in [0.1, 0.15) is 11.6 Å². The van der Waals surface area contributed by atoms with E-state index in [4.69, 9.17) is 6.42 Å². The van der Waals surface area contributed by atoms with Gasteiger partial charge >= 0.3 is 0 Å². The molecule has 0 aliphatic rings. The topological polar surface area (TPSA) is 20.2 Å². The molecule has 0 aliphatic carbocycles. The molecule has 0 bridgehead atoms. The molecule has 0 aliphatic heterocycles. The third-order valence-electron chi connectivity index (χ3n) is 2.72. The lowest BCUT2D eigenvalue weighted by atomic mass is 9.97. The van der Waals surface area contributed by atoms with Crippen molar-refractivity contribution < 1.29 is 9.50 Å². The highest BCUT2D eigenvalue weighted by Crippen LogP contribution is 2.31. The summed E-state index contributed by atoms with van der Waals surface area (Å²) in [6.07, 6.45) is 6.06. The molecular weight excluding hydrogens is 227 g/mol. The van der Waals surface area contributed by atoms with Gasteiger partial charge in [0.15, 0.2) is 0 Å². The maximum absolute atomic E-state index is 13.5. The summed E-state index contributed by atoms with van der Waals surface area (Å²) in [4.78, 5) is 0. The Morgan fingerprint density at radius 2 is 1.89 bits per heavy atom. The van der Waals surface area contributed by atoms with Crippen LogP contribution in [0.25, 0.3) is 10.8 Å². The first kappa shape index (κ1) is 14.1. The summed E-state index contributed by atoms with van der Waals surface area (Å²) in [5.74, 6) is 2.06. The van der Waals surface area contributed by atoms with Gasteiger partial charge in [0.25, 0.3) is 0 Å². The molecule has 94 valence electrons. The minimum atomic E-state index is -0.421. The van der Waals surface area contributed by atoms with Gasteiger partial charge < -0.3 is 5.11 Å². The van der Waals surface area contributed by atoms with Gasteiger partial charge in [-0.25, -0.2) is 4.39 Å². The number of terminal acetylenes is 1. The van der Waals surface area contributed by atoms with Gasteiger partial charge in [-0.3, -0.25) is 0 Å². The second-order valence-electron chi connectivity index (χ2n) is 3.59. The number of rotatable bonds is 1. The number of aromatic hydroxyl groups is 1. The Balaban J connectivity index is 0.000000771. The lowest BCUT2D eigenvalue weighted by Gasteiger charge is -2.09. The van der Waals surface area contributed by atoms with E-state index >= 15 is 0 Å². The van der Waals surface area contributed by atoms with E-state index < -0.39 is 5.82 Å². The van der Waals surface area contributed by atoms with E-state index in [0.29, 0.717) is 10.8 Å². The SMILES string of the molecule is C#Cc1c(F)ccc2c(O)ccc(CC)c12.CC. The molecule has 0 amide bonds. The Bertz CT molecular complexity index is 594. The first-order valence-electron chi connectivity index (χ1n) is 6.08. The molecular formula is C16H17FO. The molecule has 1 N–H and O–H groups in total. The second kappa shape index (κ2) is 6.07. The molecule has 0 unspecified atom stereocenters. The van der Waals surface area contributed by atoms with Gasteiger partial charge in [-0.1, -0.05) is 32.8 Å². The van der Waals surface area contributed by atoms with Crippen molar-refractivity contribution in [3.8, 4) is 18.1 Å². The van der Waals surface area contributed by atoms with Crippen LogP contribution in [0, 0.1) is 18.2 Å². The Morgan fingerprint density at radius 1 is 1.22 bits per heavy atom. The minimum absolute atomic E-state index is 0.128. The van der Waals surface area contributed by atoms with Crippen molar-refractivity contribution in [2.45, 2.75) is 27.2 Å². The first-order valence-corrected chi connectivity index (χ1v) is 6.08. The maximum atomic E-state index is 13.5. The number of phenols is 1. The molecule has 18 heavy (non-hydrogen) atoms. The van der Waals surface area contributed by atoms with E-state index in [1.165, 1.54) is 6.07 Å². The molecule has 0 spiro atoms. The van der Waals surface area contributed by atoms with Crippen LogP contribution >= 0.6 is 0 Å². The molecule has 0 saturated heterocycles. The van der Waals surface area contributed by atoms with Gasteiger partial charge in [-0.15, -0.1) is 6.42 Å². The Kier molecular flexibility index (Phi) is 4.74. The van der Waals surface area contributed by atoms with Crippen LogP contribution in [-0.2, 0) is 6.42 Å². The predicted molar refractivity (Wildman–Crippen MR) is 74.2 cm³/mol. The Labute approximate surface area is 107 Å². The molecule has 0 aromatic heterocycles. The zero-order valence-electron chi connectivity index (χ0n) is 10.9. The van der Waals surface area contributed by atoms with Crippen molar-refractivity contribution in [1.29, 1.82) is 0 Å². The Hall–Kier alpha value is -2.01. The van der Waals surface area contributed by atoms with Crippen LogP contribution in [0.5, 0.6) is 5.75 Å². The van der Waals surface area contributed by atoms with Gasteiger partial charge in [-0.05, 0) is 30.2 Å². The quantitative estimate of drug-likeness (QED) is 0.743. The maximum Gasteiger partial charge on any atom is 0.139 e. The van der Waals surface area contributed by atoms with Crippen molar-refractivity contribution in [3.63, 3.8) is 0 Å². The zero-order chi connectivity index (χ0) is 13.7. The fourth-order valence-electron chi connectivity index (χ4n) is 1.91. The van der Waals surface area contributed by atoms with Gasteiger partial charge in [0.2, 0.25) is 0 Å². The Morgan fingerprint density at radius 3 is 2.44 bits per heavy atom. The van der Waals surface area contributed by atoms with E-state index in [9.17, 15) is 9.50 Å². The number of hydrogen-bond donors (Lipinski definition) is 1. The lowest BCUT2D eigenvalue weighted by molar-refractivity contribution is 0.481. The fourth-order valence-corrected chi connectivity index (χ4v) is 1.91. The normalized spacial score (nSPS) is 9.50. The molecule has 1 nitrogen and oxygen atoms in total. The predicted octanol–water partition coefficient (Wildman–Crippen LogP) is 4.25. The number of fused-ring (bicyclic) bond motifs is 1. The summed E-state index contributed by atoms with van der Waals surface area (Å²) in [7, 11) is 0. The molecule has 0 radical (unpaired) electrons. The average molecular weight is 244 g/mol. The van der Waals surface area contributed by atoms with Crippen molar-refractivity contribution in [3.05, 3.63) is 41.2 Å². The third-order valence-corrected chi connectivity index (χ3v) is 2.72. The first-order chi connectivity index (χ1) is 8.69. The van der Waals surface area contributed by atoms with Crippen LogP contribution in [0.3, 0.4) is 0 Å². The number of halogens is 1. The monoisotopic (exact) mass is 244 g/mol. The fraction of sp³-hybridized carbons (Fsp3) is 0.250. The molecule has 2 rings (SSSR count). The molecule has 2 aromatic rings. The van der Waals surface area contributed by atoms with E-state index in [0.717, 1.165) is 12.0 Å². The van der Waals surface area contributed by atoms with Gasteiger partial charge in [-0.2, -0.15) is 0 Å². The van der Waals surface area contributed by atoms with E-state index in [2.05, 4.69) is 5.92 Å². The molecule has 0 heterocycles. The van der Waals surface area contributed by atoms with Crippen LogP contribution in [-0.4, -0.2) is 5.11 Å². The summed E-state index contributed by atoms with van der Waals surface area (Å²) in [6.45, 7) is 5.97. The molecule has 0 saturated carbocycles. The zero-order valence-corrected chi connectivity index (χ0v) is 10.9. The van der Waals surface area contributed by atoms with Gasteiger partial charge in [0.05, 0.1) is 5.56 Å². The molecule has 2 heteroatoms. The largest absolute Gasteiger partial charge is 0.507 e. The highest BCUT2D eigenvalue weighted by Gasteiger charge is 2.11. The summed E-state index contributed by atoms with van der Waals surface area (Å²) in [5.41, 5.74) is 1.17. The van der Waals surface area contributed by atoms with Crippen LogP contribution in [0.15, 0.2) is 24.3 Å². The summed E-state index contributed by atoms with van der Waals surface area (Å²) >= 11 is 0. The smallest absolute Gasteiger partial charge is 0.139 e. The highest BCUT2D eigenvalue weighted by atomic mass is 19.1. The molecule has 0 atom stereocenters. The average Bonchev–Trinajstić information content (AvgIpc) is 2.41. The van der Waals surface area contributed by atoms with Crippen molar-refractivity contribution in [1.82, 2.24) is 0 Å². The standard InChI is InChI=1S/C14H11FO.C2H6/c1-3-9-5-8-13(16)11-6-7-12(15)10(4-2)14(9)11;1-2/h2,5-8,16H,3H2,1H3;1-2H3. The van der Waals surface area contributed by atoms with Crippen LogP contribution in [0.1, 0.15) is 31.9 Å². The van der Waals surface area contributed by atoms with Crippen molar-refractivity contribution >= 4 is 10.8 Å². The van der Waals surface area contributed by atoms with Gasteiger partial charge in [0, 0.05) is 10.8 Å². The van der Waals surface area contributed by atoms with E-state index in [-0.39, 0.29) is 11.3 Å². The van der Waals surface area contributed by atoms with Crippen molar-refractivity contribution in [2.24, 2.45) is 0 Å². The molecule has 0 fully saturated rings. The van der Waals surface area contributed by atoms with Crippen molar-refractivity contribution in [2.75, 3.05) is 0 Å². The van der Waals surface area contributed by atoms with E-state index in [1.807, 2.05) is 20.8 Å². The van der Waals surface area contributed by atoms with Crippen LogP contribution in [0.2, 0.25) is 0 Å². The van der Waals surface area contributed by atoms with E-state index in [1.54, 1.807) is 18.2 Å². The minimum Gasteiger partial charge on any atom is -0.507 e. The number of hydrogen-bond acceptors (Lipinski definition) is 1. The van der Waals surface area contributed by atoms with Crippen LogP contribution in [0.4, 0.5) is 4.39 Å². The van der Waals surface area contributed by atoms with Crippen LogP contribution < -0.4 is 0 Å². The highest BCUT2D eigenvalue weighted by molar-refractivity contribution is 5.95. The second-order valence-corrected chi connectivity index (χ2v) is 3.59. The molecule has 2 aromatic carbocycles. The summed E-state index contributed by atoms with van der Waals surface area (Å²) in [5, 5.41) is 11.0. The third kappa shape index (κ3) is 2.31.